The van der Waals surface area contributed by atoms with Crippen molar-refractivity contribution in [3.8, 4) is 11.5 Å². The van der Waals surface area contributed by atoms with Crippen molar-refractivity contribution < 1.29 is 23.4 Å². The lowest BCUT2D eigenvalue weighted by Gasteiger charge is -2.14. The standard InChI is InChI=1S/C25H18BrFINO4/c1-14-7-8-16(12-20(14)28)24-29-21(25(30)33-24)10-15-9-18(26)23(22(11-15)31-2)32-13-17-5-3-4-6-19(17)27/h3-12H,13H2,1-2H3/b21-10-. The van der Waals surface area contributed by atoms with Crippen molar-refractivity contribution in [3.05, 3.63) is 96.4 Å². The van der Waals surface area contributed by atoms with Crippen LogP contribution in [-0.4, -0.2) is 19.0 Å². The second-order valence-corrected chi connectivity index (χ2v) is 9.23. The van der Waals surface area contributed by atoms with Gasteiger partial charge in [0.25, 0.3) is 0 Å². The van der Waals surface area contributed by atoms with Crippen LogP contribution in [0.5, 0.6) is 11.5 Å². The minimum Gasteiger partial charge on any atom is -0.493 e. The number of benzene rings is 3. The SMILES string of the molecule is COc1cc(/C=C2\N=C(c3ccc(C)c(I)c3)OC2=O)cc(Br)c1OCc1ccccc1F. The molecule has 3 aromatic rings. The van der Waals surface area contributed by atoms with Crippen LogP contribution in [0.3, 0.4) is 0 Å². The van der Waals surface area contributed by atoms with Crippen LogP contribution in [0, 0.1) is 16.3 Å². The number of rotatable bonds is 6. The minimum absolute atomic E-state index is 0.0391. The van der Waals surface area contributed by atoms with Crippen molar-refractivity contribution in [2.45, 2.75) is 13.5 Å². The molecule has 0 N–H and O–H groups in total. The van der Waals surface area contributed by atoms with E-state index in [-0.39, 0.29) is 24.0 Å². The van der Waals surface area contributed by atoms with E-state index in [4.69, 9.17) is 14.2 Å². The van der Waals surface area contributed by atoms with Gasteiger partial charge in [-0.15, -0.1) is 0 Å². The molecule has 0 saturated heterocycles. The van der Waals surface area contributed by atoms with Crippen molar-refractivity contribution >= 4 is 56.5 Å². The van der Waals surface area contributed by atoms with E-state index in [9.17, 15) is 9.18 Å². The van der Waals surface area contributed by atoms with E-state index in [1.807, 2.05) is 25.1 Å². The van der Waals surface area contributed by atoms with Gasteiger partial charge in [0, 0.05) is 14.7 Å². The van der Waals surface area contributed by atoms with Gasteiger partial charge in [0.2, 0.25) is 5.90 Å². The topological polar surface area (TPSA) is 57.1 Å². The summed E-state index contributed by atoms with van der Waals surface area (Å²) in [4.78, 5) is 16.8. The van der Waals surface area contributed by atoms with Gasteiger partial charge in [-0.25, -0.2) is 14.2 Å². The van der Waals surface area contributed by atoms with Crippen molar-refractivity contribution in [1.29, 1.82) is 0 Å². The summed E-state index contributed by atoms with van der Waals surface area (Å²) < 4.78 is 32.2. The fraction of sp³-hybridized carbons (Fsp3) is 0.120. The van der Waals surface area contributed by atoms with Gasteiger partial charge >= 0.3 is 5.97 Å². The summed E-state index contributed by atoms with van der Waals surface area (Å²) in [6.07, 6.45) is 1.61. The number of methoxy groups -OCH3 is 1. The third kappa shape index (κ3) is 5.27. The summed E-state index contributed by atoms with van der Waals surface area (Å²) in [7, 11) is 1.51. The average Bonchev–Trinajstić information content (AvgIpc) is 3.15. The Morgan fingerprint density at radius 3 is 2.70 bits per heavy atom. The Kier molecular flexibility index (Phi) is 7.14. The van der Waals surface area contributed by atoms with E-state index in [0.29, 0.717) is 27.1 Å². The first-order valence-corrected chi connectivity index (χ1v) is 11.8. The van der Waals surface area contributed by atoms with Crippen molar-refractivity contribution in [3.63, 3.8) is 0 Å². The molecule has 0 unspecified atom stereocenters. The Bertz CT molecular complexity index is 1310. The van der Waals surface area contributed by atoms with Gasteiger partial charge in [0.05, 0.1) is 11.6 Å². The van der Waals surface area contributed by atoms with E-state index in [1.54, 1.807) is 36.4 Å². The number of hydrogen-bond donors (Lipinski definition) is 0. The number of aryl methyl sites for hydroxylation is 1. The number of aliphatic imine (C=N–C) groups is 1. The fourth-order valence-corrected chi connectivity index (χ4v) is 4.23. The van der Waals surface area contributed by atoms with Gasteiger partial charge in [0.1, 0.15) is 12.4 Å². The van der Waals surface area contributed by atoms with Crippen LogP contribution >= 0.6 is 38.5 Å². The van der Waals surface area contributed by atoms with Crippen LogP contribution in [0.4, 0.5) is 4.39 Å². The lowest BCUT2D eigenvalue weighted by Crippen LogP contribution is -2.05. The highest BCUT2D eigenvalue weighted by Crippen LogP contribution is 2.38. The molecule has 168 valence electrons. The normalized spacial score (nSPS) is 14.3. The number of cyclic esters (lactones) is 1. The quantitative estimate of drug-likeness (QED) is 0.181. The fourth-order valence-electron chi connectivity index (χ4n) is 3.14. The smallest absolute Gasteiger partial charge is 0.363 e. The lowest BCUT2D eigenvalue weighted by atomic mass is 10.1. The Morgan fingerprint density at radius 1 is 1.18 bits per heavy atom. The van der Waals surface area contributed by atoms with Crippen LogP contribution in [0.1, 0.15) is 22.3 Å². The maximum absolute atomic E-state index is 13.9. The van der Waals surface area contributed by atoms with Crippen LogP contribution in [-0.2, 0) is 16.1 Å². The molecular formula is C25H18BrFINO4. The van der Waals surface area contributed by atoms with Crippen LogP contribution in [0.2, 0.25) is 0 Å². The second kappa shape index (κ2) is 10.0. The number of carbonyl (C=O) groups excluding carboxylic acids is 1. The molecule has 0 saturated carbocycles. The first-order chi connectivity index (χ1) is 15.9. The molecule has 0 aliphatic carbocycles. The molecule has 5 nitrogen and oxygen atoms in total. The molecule has 0 bridgehead atoms. The molecule has 3 aromatic carbocycles. The molecule has 0 amide bonds. The predicted molar refractivity (Wildman–Crippen MR) is 136 cm³/mol. The van der Waals surface area contributed by atoms with Gasteiger partial charge < -0.3 is 14.2 Å². The molecule has 1 heterocycles. The summed E-state index contributed by atoms with van der Waals surface area (Å²) >= 11 is 5.71. The summed E-state index contributed by atoms with van der Waals surface area (Å²) in [5.74, 6) is 0.243. The maximum atomic E-state index is 13.9. The molecule has 0 spiro atoms. The van der Waals surface area contributed by atoms with E-state index in [2.05, 4.69) is 43.5 Å². The molecule has 1 aliphatic rings. The number of ether oxygens (including phenoxy) is 3. The first-order valence-electron chi connectivity index (χ1n) is 9.88. The van der Waals surface area contributed by atoms with Crippen LogP contribution < -0.4 is 9.47 Å². The van der Waals surface area contributed by atoms with E-state index < -0.39 is 5.97 Å². The molecular weight excluding hydrogens is 604 g/mol. The van der Waals surface area contributed by atoms with Crippen molar-refractivity contribution in [2.24, 2.45) is 4.99 Å². The minimum atomic E-state index is -0.532. The molecule has 8 heteroatoms. The second-order valence-electron chi connectivity index (χ2n) is 7.21. The van der Waals surface area contributed by atoms with Crippen molar-refractivity contribution in [2.75, 3.05) is 7.11 Å². The highest BCUT2D eigenvalue weighted by Gasteiger charge is 2.25. The highest BCUT2D eigenvalue weighted by atomic mass is 127. The number of nitrogens with zero attached hydrogens (tertiary/aromatic N) is 1. The molecule has 1 aliphatic heterocycles. The van der Waals surface area contributed by atoms with Crippen LogP contribution in [0.15, 0.2) is 69.8 Å². The zero-order chi connectivity index (χ0) is 23.5. The maximum Gasteiger partial charge on any atom is 0.363 e. The summed E-state index contributed by atoms with van der Waals surface area (Å²) in [6.45, 7) is 2.05. The van der Waals surface area contributed by atoms with E-state index in [0.717, 1.165) is 14.7 Å². The van der Waals surface area contributed by atoms with E-state index >= 15 is 0 Å². The molecule has 0 aromatic heterocycles. The van der Waals surface area contributed by atoms with Crippen molar-refractivity contribution in [1.82, 2.24) is 0 Å². The van der Waals surface area contributed by atoms with Crippen LogP contribution in [0.25, 0.3) is 6.08 Å². The number of hydrogen-bond acceptors (Lipinski definition) is 5. The van der Waals surface area contributed by atoms with E-state index in [1.165, 1.54) is 13.2 Å². The van der Waals surface area contributed by atoms with Gasteiger partial charge in [-0.3, -0.25) is 0 Å². The Hall–Kier alpha value is -2.72. The molecule has 33 heavy (non-hydrogen) atoms. The third-order valence-electron chi connectivity index (χ3n) is 4.92. The zero-order valence-corrected chi connectivity index (χ0v) is 21.4. The lowest BCUT2D eigenvalue weighted by molar-refractivity contribution is -0.129. The van der Waals surface area contributed by atoms with Gasteiger partial charge in [-0.1, -0.05) is 24.3 Å². The summed E-state index contributed by atoms with van der Waals surface area (Å²) in [5.41, 5.74) is 3.13. The number of halogens is 3. The summed E-state index contributed by atoms with van der Waals surface area (Å²) in [6, 6.07) is 15.6. The Balaban J connectivity index is 1.60. The first kappa shape index (κ1) is 23.4. The number of carbonyl (C=O) groups is 1. The molecule has 0 fully saturated rings. The predicted octanol–water partition coefficient (Wildman–Crippen LogP) is 6.43. The third-order valence-corrected chi connectivity index (χ3v) is 6.68. The Morgan fingerprint density at radius 2 is 1.97 bits per heavy atom. The largest absolute Gasteiger partial charge is 0.493 e. The Labute approximate surface area is 212 Å². The molecule has 4 rings (SSSR count). The van der Waals surface area contributed by atoms with Gasteiger partial charge in [0.15, 0.2) is 17.2 Å². The zero-order valence-electron chi connectivity index (χ0n) is 17.7. The monoisotopic (exact) mass is 621 g/mol. The molecule has 0 atom stereocenters. The summed E-state index contributed by atoms with van der Waals surface area (Å²) in [5, 5.41) is 0. The average molecular weight is 622 g/mol. The highest BCUT2D eigenvalue weighted by molar-refractivity contribution is 14.1. The number of esters is 1. The van der Waals surface area contributed by atoms with Gasteiger partial charge in [-0.05, 0) is 93.0 Å². The van der Waals surface area contributed by atoms with Gasteiger partial charge in [-0.2, -0.15) is 0 Å². The molecule has 0 radical (unpaired) electrons.